The van der Waals surface area contributed by atoms with E-state index in [4.69, 9.17) is 14.2 Å². The number of piperidine rings is 1. The van der Waals surface area contributed by atoms with Crippen LogP contribution < -0.4 is 14.2 Å². The van der Waals surface area contributed by atoms with Crippen LogP contribution in [0.1, 0.15) is 24.0 Å². The van der Waals surface area contributed by atoms with Crippen molar-refractivity contribution in [2.24, 2.45) is 0 Å². The molecule has 0 bridgehead atoms. The number of likely N-dealkylation sites (N-methyl/N-ethyl adjacent to an activating group) is 1. The average Bonchev–Trinajstić information content (AvgIpc) is 3.01. The molecule has 2 aromatic rings. The van der Waals surface area contributed by atoms with Crippen LogP contribution in [-0.4, -0.2) is 73.6 Å². The van der Waals surface area contributed by atoms with Crippen LogP contribution in [0.2, 0.25) is 0 Å². The largest absolute Gasteiger partial charge is 0.497 e. The number of amides is 3. The maximum Gasteiger partial charge on any atom is 0.327 e. The van der Waals surface area contributed by atoms with Crippen molar-refractivity contribution in [3.8, 4) is 17.2 Å². The van der Waals surface area contributed by atoms with Crippen molar-refractivity contribution < 1.29 is 23.8 Å². The van der Waals surface area contributed by atoms with E-state index < -0.39 is 5.54 Å². The van der Waals surface area contributed by atoms with Crippen LogP contribution in [0, 0.1) is 0 Å². The summed E-state index contributed by atoms with van der Waals surface area (Å²) in [7, 11) is 6.62. The van der Waals surface area contributed by atoms with E-state index >= 15 is 0 Å². The highest BCUT2D eigenvalue weighted by Gasteiger charge is 2.56. The molecule has 8 heteroatoms. The Kier molecular flexibility index (Phi) is 6.47. The minimum atomic E-state index is -0.779. The summed E-state index contributed by atoms with van der Waals surface area (Å²) in [5.74, 6) is 2.10. The zero-order chi connectivity index (χ0) is 23.6. The minimum Gasteiger partial charge on any atom is -0.497 e. The van der Waals surface area contributed by atoms with Crippen molar-refractivity contribution >= 4 is 11.9 Å². The van der Waals surface area contributed by atoms with Gasteiger partial charge in [0.05, 0.1) is 27.9 Å². The monoisotopic (exact) mass is 453 g/mol. The Bertz CT molecular complexity index is 1010. The maximum absolute atomic E-state index is 13.5. The van der Waals surface area contributed by atoms with Crippen LogP contribution in [0.25, 0.3) is 0 Å². The highest BCUT2D eigenvalue weighted by Crippen LogP contribution is 2.37. The molecule has 2 heterocycles. The lowest BCUT2D eigenvalue weighted by molar-refractivity contribution is -0.135. The van der Waals surface area contributed by atoms with Gasteiger partial charge in [-0.15, -0.1) is 0 Å². The summed E-state index contributed by atoms with van der Waals surface area (Å²) in [6.45, 7) is 2.41. The molecule has 0 aromatic heterocycles. The molecule has 33 heavy (non-hydrogen) atoms. The fraction of sp³-hybridized carbons (Fsp3) is 0.440. The second kappa shape index (κ2) is 9.31. The van der Waals surface area contributed by atoms with Gasteiger partial charge in [-0.05, 0) is 48.2 Å². The average molecular weight is 454 g/mol. The molecule has 0 unspecified atom stereocenters. The first-order valence-corrected chi connectivity index (χ1v) is 11.1. The van der Waals surface area contributed by atoms with Crippen molar-refractivity contribution in [3.63, 3.8) is 0 Å². The number of hydrogen-bond donors (Lipinski definition) is 0. The van der Waals surface area contributed by atoms with E-state index in [1.165, 1.54) is 4.90 Å². The van der Waals surface area contributed by atoms with E-state index in [1.54, 1.807) is 33.3 Å². The Morgan fingerprint density at radius 2 is 1.42 bits per heavy atom. The van der Waals surface area contributed by atoms with E-state index in [0.717, 1.165) is 42.3 Å². The number of likely N-dealkylation sites (tertiary alicyclic amines) is 1. The highest BCUT2D eigenvalue weighted by molar-refractivity contribution is 6.06. The molecule has 0 atom stereocenters. The predicted octanol–water partition coefficient (Wildman–Crippen LogP) is 3.14. The summed E-state index contributed by atoms with van der Waals surface area (Å²) < 4.78 is 16.0. The van der Waals surface area contributed by atoms with Crippen molar-refractivity contribution in [1.29, 1.82) is 0 Å². The summed E-state index contributed by atoms with van der Waals surface area (Å²) in [4.78, 5) is 31.8. The quantitative estimate of drug-likeness (QED) is 0.600. The molecule has 0 saturated carbocycles. The van der Waals surface area contributed by atoms with Gasteiger partial charge in [-0.2, -0.15) is 0 Å². The summed E-state index contributed by atoms with van der Waals surface area (Å²) in [5, 5.41) is 0. The Morgan fingerprint density at radius 3 is 2.03 bits per heavy atom. The van der Waals surface area contributed by atoms with Gasteiger partial charge in [0.2, 0.25) is 0 Å². The normalized spacial score (nSPS) is 18.2. The van der Waals surface area contributed by atoms with Crippen LogP contribution in [0.5, 0.6) is 17.2 Å². The standard InChI is InChI=1S/C25H31N3O5/c1-26-24(30)28(17-18-6-5-7-20(12-18)31-2)23(29)25(26)8-10-27(11-9-25)16-19-13-21(32-3)15-22(14-19)33-4/h5-7,12-15H,8-11,16-17H2,1-4H3. The molecule has 2 aliphatic rings. The lowest BCUT2D eigenvalue weighted by atomic mass is 9.86. The number of hydrogen-bond acceptors (Lipinski definition) is 6. The third-order valence-corrected chi connectivity index (χ3v) is 6.78. The summed E-state index contributed by atoms with van der Waals surface area (Å²) >= 11 is 0. The molecule has 8 nitrogen and oxygen atoms in total. The second-order valence-corrected chi connectivity index (χ2v) is 8.61. The van der Waals surface area contributed by atoms with Gasteiger partial charge in [-0.1, -0.05) is 12.1 Å². The van der Waals surface area contributed by atoms with E-state index in [-0.39, 0.29) is 18.5 Å². The third kappa shape index (κ3) is 4.35. The molecule has 2 fully saturated rings. The van der Waals surface area contributed by atoms with Crippen LogP contribution in [-0.2, 0) is 17.9 Å². The van der Waals surface area contributed by atoms with E-state index in [0.29, 0.717) is 18.6 Å². The molecular weight excluding hydrogens is 422 g/mol. The summed E-state index contributed by atoms with van der Waals surface area (Å²) in [6, 6.07) is 13.1. The zero-order valence-corrected chi connectivity index (χ0v) is 19.7. The number of nitrogens with zero attached hydrogens (tertiary/aromatic N) is 3. The molecule has 2 aromatic carbocycles. The number of carbonyl (C=O) groups excluding carboxylic acids is 2. The smallest absolute Gasteiger partial charge is 0.327 e. The number of carbonyl (C=O) groups is 2. The first kappa shape index (κ1) is 22.9. The molecule has 4 rings (SSSR count). The van der Waals surface area contributed by atoms with Gasteiger partial charge in [-0.3, -0.25) is 14.6 Å². The molecule has 0 N–H and O–H groups in total. The number of imide groups is 1. The number of urea groups is 1. The fourth-order valence-electron chi connectivity index (χ4n) is 4.78. The van der Waals surface area contributed by atoms with Gasteiger partial charge < -0.3 is 19.1 Å². The number of rotatable bonds is 7. The Morgan fingerprint density at radius 1 is 0.818 bits per heavy atom. The third-order valence-electron chi connectivity index (χ3n) is 6.78. The molecule has 176 valence electrons. The molecule has 2 aliphatic heterocycles. The van der Waals surface area contributed by atoms with Crippen LogP contribution in [0.3, 0.4) is 0 Å². The molecule has 3 amide bonds. The van der Waals surface area contributed by atoms with E-state index in [9.17, 15) is 9.59 Å². The van der Waals surface area contributed by atoms with Crippen molar-refractivity contribution in [1.82, 2.24) is 14.7 Å². The SMILES string of the molecule is COc1cccc(CN2C(=O)N(C)C3(CCN(Cc4cc(OC)cc(OC)c4)CC3)C2=O)c1. The summed E-state index contributed by atoms with van der Waals surface area (Å²) in [5.41, 5.74) is 1.17. The molecule has 1 spiro atoms. The van der Waals surface area contributed by atoms with Crippen molar-refractivity contribution in [3.05, 3.63) is 53.6 Å². The zero-order valence-electron chi connectivity index (χ0n) is 19.7. The highest BCUT2D eigenvalue weighted by atomic mass is 16.5. The van der Waals surface area contributed by atoms with Gasteiger partial charge in [0.25, 0.3) is 5.91 Å². The predicted molar refractivity (Wildman–Crippen MR) is 123 cm³/mol. The van der Waals surface area contributed by atoms with Crippen molar-refractivity contribution in [2.45, 2.75) is 31.5 Å². The van der Waals surface area contributed by atoms with Gasteiger partial charge in [0, 0.05) is 32.7 Å². The summed E-state index contributed by atoms with van der Waals surface area (Å²) in [6.07, 6.45) is 1.20. The first-order chi connectivity index (χ1) is 15.9. The number of methoxy groups -OCH3 is 3. The lowest BCUT2D eigenvalue weighted by Crippen LogP contribution is -2.55. The van der Waals surface area contributed by atoms with E-state index in [2.05, 4.69) is 4.90 Å². The van der Waals surface area contributed by atoms with Crippen LogP contribution in [0.15, 0.2) is 42.5 Å². The molecule has 0 radical (unpaired) electrons. The van der Waals surface area contributed by atoms with E-state index in [1.807, 2.05) is 42.5 Å². The number of ether oxygens (including phenoxy) is 3. The Balaban J connectivity index is 1.45. The minimum absolute atomic E-state index is 0.111. The number of benzene rings is 2. The Hall–Kier alpha value is -3.26. The van der Waals surface area contributed by atoms with Gasteiger partial charge >= 0.3 is 6.03 Å². The molecular formula is C25H31N3O5. The maximum atomic E-state index is 13.5. The van der Waals surface area contributed by atoms with Gasteiger partial charge in [0.15, 0.2) is 0 Å². The topological polar surface area (TPSA) is 71.6 Å². The van der Waals surface area contributed by atoms with Crippen LogP contribution in [0.4, 0.5) is 4.79 Å². The second-order valence-electron chi connectivity index (χ2n) is 8.61. The molecule has 0 aliphatic carbocycles. The first-order valence-electron chi connectivity index (χ1n) is 11.1. The van der Waals surface area contributed by atoms with Crippen LogP contribution >= 0.6 is 0 Å². The lowest BCUT2D eigenvalue weighted by Gasteiger charge is -2.40. The van der Waals surface area contributed by atoms with Gasteiger partial charge in [0.1, 0.15) is 22.8 Å². The molecule has 2 saturated heterocycles. The van der Waals surface area contributed by atoms with Gasteiger partial charge in [-0.25, -0.2) is 4.79 Å². The Labute approximate surface area is 194 Å². The fourth-order valence-corrected chi connectivity index (χ4v) is 4.78. The van der Waals surface area contributed by atoms with Crippen molar-refractivity contribution in [2.75, 3.05) is 41.5 Å².